The van der Waals surface area contributed by atoms with Crippen molar-refractivity contribution < 1.29 is 0 Å². The smallest absolute Gasteiger partial charge is 0.0590 e. The number of aryl methyl sites for hydroxylation is 1. The summed E-state index contributed by atoms with van der Waals surface area (Å²) in [5.74, 6) is 0.929. The molecular formula is C15H26N2S. The van der Waals surface area contributed by atoms with Gasteiger partial charge in [-0.15, -0.1) is 11.3 Å². The van der Waals surface area contributed by atoms with E-state index in [2.05, 4.69) is 37.8 Å². The van der Waals surface area contributed by atoms with E-state index in [1.165, 1.54) is 42.1 Å². The van der Waals surface area contributed by atoms with Crippen molar-refractivity contribution >= 4 is 11.3 Å². The molecule has 0 aromatic carbocycles. The molecule has 1 fully saturated rings. The van der Waals surface area contributed by atoms with Crippen LogP contribution in [-0.4, -0.2) is 24.0 Å². The van der Waals surface area contributed by atoms with Crippen molar-refractivity contribution in [3.63, 3.8) is 0 Å². The fraction of sp³-hybridized carbons (Fsp3) is 0.733. The van der Waals surface area contributed by atoms with E-state index in [1.807, 2.05) is 11.3 Å². The van der Waals surface area contributed by atoms with E-state index in [-0.39, 0.29) is 6.04 Å². The molecule has 1 aromatic heterocycles. The molecule has 0 radical (unpaired) electrons. The Balaban J connectivity index is 2.14. The normalized spacial score (nSPS) is 19.2. The Hall–Kier alpha value is -0.380. The minimum Gasteiger partial charge on any atom is -0.326 e. The van der Waals surface area contributed by atoms with Gasteiger partial charge in [-0.2, -0.15) is 0 Å². The van der Waals surface area contributed by atoms with Gasteiger partial charge >= 0.3 is 0 Å². The highest BCUT2D eigenvalue weighted by Crippen LogP contribution is 2.35. The molecule has 2 rings (SSSR count). The van der Waals surface area contributed by atoms with Crippen LogP contribution in [0, 0.1) is 12.8 Å². The molecule has 2 atom stereocenters. The van der Waals surface area contributed by atoms with Gasteiger partial charge in [0.05, 0.1) is 6.04 Å². The van der Waals surface area contributed by atoms with Crippen LogP contribution < -0.4 is 5.73 Å². The molecule has 2 N–H and O–H groups in total. The highest BCUT2D eigenvalue weighted by atomic mass is 32.1. The van der Waals surface area contributed by atoms with Crippen LogP contribution in [0.2, 0.25) is 0 Å². The highest BCUT2D eigenvalue weighted by Gasteiger charge is 2.30. The van der Waals surface area contributed by atoms with Crippen molar-refractivity contribution in [1.82, 2.24) is 4.90 Å². The Morgan fingerprint density at radius 1 is 1.44 bits per heavy atom. The van der Waals surface area contributed by atoms with Crippen LogP contribution >= 0.6 is 11.3 Å². The van der Waals surface area contributed by atoms with Crippen molar-refractivity contribution in [3.05, 3.63) is 21.9 Å². The molecule has 0 aliphatic heterocycles. The molecule has 0 spiro atoms. The molecule has 18 heavy (non-hydrogen) atoms. The summed E-state index contributed by atoms with van der Waals surface area (Å²) in [6, 6.07) is 5.10. The molecular weight excluding hydrogens is 240 g/mol. The van der Waals surface area contributed by atoms with Gasteiger partial charge in [-0.3, -0.25) is 4.90 Å². The third-order valence-corrected chi connectivity index (χ3v) is 4.72. The molecule has 2 unspecified atom stereocenters. The molecule has 1 aromatic rings. The molecule has 0 saturated heterocycles. The van der Waals surface area contributed by atoms with Gasteiger partial charge in [0, 0.05) is 22.3 Å². The van der Waals surface area contributed by atoms with Gasteiger partial charge in [0.1, 0.15) is 0 Å². The van der Waals surface area contributed by atoms with Crippen LogP contribution in [0.1, 0.15) is 48.9 Å². The number of hydrogen-bond acceptors (Lipinski definition) is 3. The van der Waals surface area contributed by atoms with Gasteiger partial charge in [0.25, 0.3) is 0 Å². The summed E-state index contributed by atoms with van der Waals surface area (Å²) in [7, 11) is 0. The van der Waals surface area contributed by atoms with E-state index >= 15 is 0 Å². The van der Waals surface area contributed by atoms with Gasteiger partial charge in [-0.05, 0) is 57.7 Å². The lowest BCUT2D eigenvalue weighted by Gasteiger charge is -2.33. The predicted octanol–water partition coefficient (Wildman–Crippen LogP) is 3.57. The quantitative estimate of drug-likeness (QED) is 0.817. The molecule has 0 bridgehead atoms. The first kappa shape index (κ1) is 14.0. The second-order valence-electron chi connectivity index (χ2n) is 5.69. The summed E-state index contributed by atoms with van der Waals surface area (Å²) < 4.78 is 0. The maximum atomic E-state index is 6.27. The van der Waals surface area contributed by atoms with E-state index in [0.29, 0.717) is 6.04 Å². The first-order chi connectivity index (χ1) is 8.61. The van der Waals surface area contributed by atoms with E-state index in [1.54, 1.807) is 0 Å². The lowest BCUT2D eigenvalue weighted by Crippen LogP contribution is -2.40. The maximum absolute atomic E-state index is 6.27. The Labute approximate surface area is 115 Å². The molecule has 1 aliphatic rings. The predicted molar refractivity (Wildman–Crippen MR) is 80.0 cm³/mol. The Morgan fingerprint density at radius 3 is 2.61 bits per heavy atom. The average Bonchev–Trinajstić information content (AvgIpc) is 3.01. The molecule has 102 valence electrons. The van der Waals surface area contributed by atoms with Crippen LogP contribution in [0.5, 0.6) is 0 Å². The third-order valence-electron chi connectivity index (χ3n) is 3.64. The number of thiophene rings is 1. The summed E-state index contributed by atoms with van der Waals surface area (Å²) in [5.41, 5.74) is 6.27. The summed E-state index contributed by atoms with van der Waals surface area (Å²) in [6.45, 7) is 8.99. The van der Waals surface area contributed by atoms with Gasteiger partial charge in [0.2, 0.25) is 0 Å². The molecule has 1 aliphatic carbocycles. The van der Waals surface area contributed by atoms with Gasteiger partial charge < -0.3 is 5.73 Å². The van der Waals surface area contributed by atoms with Crippen LogP contribution in [-0.2, 0) is 0 Å². The number of rotatable bonds is 7. The first-order valence-corrected chi connectivity index (χ1v) is 7.99. The van der Waals surface area contributed by atoms with Crippen LogP contribution in [0.3, 0.4) is 0 Å². The van der Waals surface area contributed by atoms with Crippen molar-refractivity contribution in [1.29, 1.82) is 0 Å². The summed E-state index contributed by atoms with van der Waals surface area (Å²) in [4.78, 5) is 5.45. The SMILES string of the molecule is CCCN(CC1CC1)C(c1ccc(C)s1)C(C)N. The number of nitrogens with two attached hydrogens (primary N) is 1. The van der Waals surface area contributed by atoms with Gasteiger partial charge in [-0.25, -0.2) is 0 Å². The van der Waals surface area contributed by atoms with E-state index in [4.69, 9.17) is 5.73 Å². The second-order valence-corrected chi connectivity index (χ2v) is 7.01. The van der Waals surface area contributed by atoms with Crippen LogP contribution in [0.25, 0.3) is 0 Å². The number of hydrogen-bond donors (Lipinski definition) is 1. The fourth-order valence-corrected chi connectivity index (χ4v) is 3.78. The van der Waals surface area contributed by atoms with Crippen molar-refractivity contribution in [3.8, 4) is 0 Å². The Bertz CT molecular complexity index is 368. The molecule has 2 nitrogen and oxygen atoms in total. The lowest BCUT2D eigenvalue weighted by atomic mass is 10.1. The topological polar surface area (TPSA) is 29.3 Å². The van der Waals surface area contributed by atoms with Crippen LogP contribution in [0.4, 0.5) is 0 Å². The Kier molecular flexibility index (Phi) is 4.82. The van der Waals surface area contributed by atoms with E-state index in [9.17, 15) is 0 Å². The molecule has 1 heterocycles. The Morgan fingerprint density at radius 2 is 2.17 bits per heavy atom. The van der Waals surface area contributed by atoms with Crippen molar-refractivity contribution in [2.24, 2.45) is 11.7 Å². The van der Waals surface area contributed by atoms with Crippen LogP contribution in [0.15, 0.2) is 12.1 Å². The standard InChI is InChI=1S/C15H26N2S/c1-4-9-17(10-13-6-7-13)15(12(3)16)14-8-5-11(2)18-14/h5,8,12-13,15H,4,6-7,9-10,16H2,1-3H3. The summed E-state index contributed by atoms with van der Waals surface area (Å²) in [6.07, 6.45) is 4.03. The second kappa shape index (κ2) is 6.18. The monoisotopic (exact) mass is 266 g/mol. The molecule has 1 saturated carbocycles. The van der Waals surface area contributed by atoms with E-state index < -0.39 is 0 Å². The molecule has 3 heteroatoms. The van der Waals surface area contributed by atoms with Crippen molar-refractivity contribution in [2.45, 2.75) is 52.1 Å². The minimum atomic E-state index is 0.202. The number of nitrogens with zero attached hydrogens (tertiary/aromatic N) is 1. The zero-order valence-electron chi connectivity index (χ0n) is 11.9. The van der Waals surface area contributed by atoms with Crippen molar-refractivity contribution in [2.75, 3.05) is 13.1 Å². The van der Waals surface area contributed by atoms with Gasteiger partial charge in [-0.1, -0.05) is 6.92 Å². The summed E-state index contributed by atoms with van der Waals surface area (Å²) in [5, 5.41) is 0. The lowest BCUT2D eigenvalue weighted by molar-refractivity contribution is 0.171. The zero-order chi connectivity index (χ0) is 13.1. The highest BCUT2D eigenvalue weighted by molar-refractivity contribution is 7.12. The average molecular weight is 266 g/mol. The minimum absolute atomic E-state index is 0.202. The largest absolute Gasteiger partial charge is 0.326 e. The maximum Gasteiger partial charge on any atom is 0.0590 e. The summed E-state index contributed by atoms with van der Waals surface area (Å²) >= 11 is 1.90. The van der Waals surface area contributed by atoms with Gasteiger partial charge in [0.15, 0.2) is 0 Å². The fourth-order valence-electron chi connectivity index (χ4n) is 2.65. The third kappa shape index (κ3) is 3.56. The zero-order valence-corrected chi connectivity index (χ0v) is 12.7. The molecule has 0 amide bonds. The van der Waals surface area contributed by atoms with E-state index in [0.717, 1.165) is 5.92 Å². The first-order valence-electron chi connectivity index (χ1n) is 7.17.